The third kappa shape index (κ3) is 2.65. The van der Waals surface area contributed by atoms with E-state index in [1.807, 2.05) is 0 Å². The van der Waals surface area contributed by atoms with Crippen LogP contribution < -0.4 is 16.8 Å². The summed E-state index contributed by atoms with van der Waals surface area (Å²) in [4.78, 5) is 15.7. The van der Waals surface area contributed by atoms with Gasteiger partial charge in [-0.2, -0.15) is 0 Å². The van der Waals surface area contributed by atoms with Gasteiger partial charge in [0.1, 0.15) is 11.6 Å². The van der Waals surface area contributed by atoms with Gasteiger partial charge < -0.3 is 16.8 Å². The Kier molecular flexibility index (Phi) is 3.32. The van der Waals surface area contributed by atoms with Crippen molar-refractivity contribution < 1.29 is 4.79 Å². The van der Waals surface area contributed by atoms with Crippen LogP contribution in [0.3, 0.4) is 0 Å². The number of nitrogens with two attached hydrogens (primary N) is 2. The average Bonchev–Trinajstić information content (AvgIpc) is 3.01. The number of aromatic nitrogens is 6. The molecule has 0 atom stereocenters. The number of pyridine rings is 1. The van der Waals surface area contributed by atoms with Crippen molar-refractivity contribution in [2.24, 2.45) is 5.73 Å². The molecule has 0 aliphatic carbocycles. The number of nitrogens with zero attached hydrogens (tertiary/aromatic N) is 6. The van der Waals surface area contributed by atoms with Crippen LogP contribution >= 0.6 is 0 Å². The molecule has 0 unspecified atom stereocenters. The van der Waals surface area contributed by atoms with Gasteiger partial charge in [-0.05, 0) is 12.1 Å². The van der Waals surface area contributed by atoms with E-state index in [1.54, 1.807) is 30.6 Å². The van der Waals surface area contributed by atoms with Crippen molar-refractivity contribution in [3.05, 3.63) is 42.4 Å². The molecule has 10 nitrogen and oxygen atoms in total. The Labute approximate surface area is 124 Å². The highest BCUT2D eigenvalue weighted by Crippen LogP contribution is 2.19. The van der Waals surface area contributed by atoms with Crippen LogP contribution in [0.15, 0.2) is 36.7 Å². The second-order valence-electron chi connectivity index (χ2n) is 4.25. The van der Waals surface area contributed by atoms with Gasteiger partial charge in [0.15, 0.2) is 11.5 Å². The van der Waals surface area contributed by atoms with Crippen molar-refractivity contribution in [3.63, 3.8) is 0 Å². The van der Waals surface area contributed by atoms with Crippen molar-refractivity contribution in [3.8, 4) is 5.82 Å². The molecule has 0 spiro atoms. The number of primary amides is 1. The largest absolute Gasteiger partial charge is 0.382 e. The van der Waals surface area contributed by atoms with Crippen LogP contribution in [-0.2, 0) is 0 Å². The summed E-state index contributed by atoms with van der Waals surface area (Å²) >= 11 is 0. The fourth-order valence-electron chi connectivity index (χ4n) is 1.77. The van der Waals surface area contributed by atoms with E-state index in [9.17, 15) is 4.79 Å². The first-order valence-corrected chi connectivity index (χ1v) is 6.17. The molecule has 0 aromatic carbocycles. The summed E-state index contributed by atoms with van der Waals surface area (Å²) in [6.45, 7) is 0. The molecule has 5 N–H and O–H groups in total. The molecular formula is C12H11N9O. The zero-order chi connectivity index (χ0) is 15.5. The Bertz CT molecular complexity index is 815. The number of amides is 1. The monoisotopic (exact) mass is 297 g/mol. The molecule has 3 heterocycles. The summed E-state index contributed by atoms with van der Waals surface area (Å²) in [5, 5.41) is 17.8. The molecule has 1 amide bonds. The van der Waals surface area contributed by atoms with Crippen molar-refractivity contribution in [1.29, 1.82) is 0 Å². The highest BCUT2D eigenvalue weighted by Gasteiger charge is 2.12. The number of anilines is 3. The van der Waals surface area contributed by atoms with Gasteiger partial charge >= 0.3 is 0 Å². The molecule has 3 aromatic rings. The molecule has 3 aromatic heterocycles. The number of carbonyl (C=O) groups is 1. The topological polar surface area (TPSA) is 151 Å². The number of carbonyl (C=O) groups excluding carboxylic acids is 1. The molecular weight excluding hydrogens is 286 g/mol. The normalized spacial score (nSPS) is 10.4. The lowest BCUT2D eigenvalue weighted by Crippen LogP contribution is -2.17. The van der Waals surface area contributed by atoms with E-state index in [4.69, 9.17) is 11.5 Å². The van der Waals surface area contributed by atoms with Gasteiger partial charge in [0.05, 0.1) is 18.1 Å². The first-order valence-electron chi connectivity index (χ1n) is 6.17. The summed E-state index contributed by atoms with van der Waals surface area (Å²) in [6.07, 6.45) is 3.20. The van der Waals surface area contributed by atoms with Gasteiger partial charge in [0.2, 0.25) is 0 Å². The van der Waals surface area contributed by atoms with E-state index >= 15 is 0 Å². The standard InChI is InChI=1S/C12H11N9O/c13-8-6-7(11(12(14)22)19-18-8)16-9-2-1-3-10(17-9)21-5-4-15-20-21/h1-6H,(H2,14,22)(H3,13,16,17,18). The zero-order valence-corrected chi connectivity index (χ0v) is 11.2. The van der Waals surface area contributed by atoms with Crippen LogP contribution in [0.4, 0.5) is 17.3 Å². The Hall–Kier alpha value is -3.56. The second kappa shape index (κ2) is 5.44. The minimum Gasteiger partial charge on any atom is -0.382 e. The van der Waals surface area contributed by atoms with Crippen molar-refractivity contribution in [2.45, 2.75) is 0 Å². The third-order valence-corrected chi connectivity index (χ3v) is 2.70. The summed E-state index contributed by atoms with van der Waals surface area (Å²) < 4.78 is 1.50. The van der Waals surface area contributed by atoms with Gasteiger partial charge in [-0.15, -0.1) is 15.3 Å². The number of hydrogen-bond donors (Lipinski definition) is 3. The maximum atomic E-state index is 11.4. The van der Waals surface area contributed by atoms with Crippen LogP contribution in [0.1, 0.15) is 10.5 Å². The molecule has 0 bridgehead atoms. The summed E-state index contributed by atoms with van der Waals surface area (Å²) in [5.74, 6) is 0.448. The quantitative estimate of drug-likeness (QED) is 0.602. The molecule has 0 aliphatic heterocycles. The van der Waals surface area contributed by atoms with Gasteiger partial charge in [-0.25, -0.2) is 9.67 Å². The fourth-order valence-corrected chi connectivity index (χ4v) is 1.77. The first-order chi connectivity index (χ1) is 10.6. The lowest BCUT2D eigenvalue weighted by Gasteiger charge is -2.09. The van der Waals surface area contributed by atoms with Crippen LogP contribution in [0, 0.1) is 0 Å². The maximum Gasteiger partial charge on any atom is 0.271 e. The summed E-state index contributed by atoms with van der Waals surface area (Å²) in [7, 11) is 0. The maximum absolute atomic E-state index is 11.4. The lowest BCUT2D eigenvalue weighted by molar-refractivity contribution is 0.0995. The SMILES string of the molecule is NC(=O)c1nnc(N)cc1Nc1cccc(-n2ccnn2)n1. The molecule has 0 fully saturated rings. The van der Waals surface area contributed by atoms with E-state index in [1.165, 1.54) is 10.7 Å². The summed E-state index contributed by atoms with van der Waals surface area (Å²) in [5.41, 5.74) is 11.1. The van der Waals surface area contributed by atoms with E-state index in [-0.39, 0.29) is 11.5 Å². The lowest BCUT2D eigenvalue weighted by atomic mass is 10.3. The fraction of sp³-hybridized carbons (Fsp3) is 0. The van der Waals surface area contributed by atoms with Gasteiger partial charge in [0, 0.05) is 6.07 Å². The Balaban J connectivity index is 1.95. The minimum atomic E-state index is -0.720. The van der Waals surface area contributed by atoms with Crippen LogP contribution in [0.5, 0.6) is 0 Å². The zero-order valence-electron chi connectivity index (χ0n) is 11.2. The van der Waals surface area contributed by atoms with Crippen LogP contribution in [-0.4, -0.2) is 36.1 Å². The number of hydrogen-bond acceptors (Lipinski definition) is 8. The highest BCUT2D eigenvalue weighted by molar-refractivity contribution is 5.97. The molecule has 0 saturated heterocycles. The van der Waals surface area contributed by atoms with E-state index < -0.39 is 5.91 Å². The number of nitrogen functional groups attached to an aromatic ring is 1. The summed E-state index contributed by atoms with van der Waals surface area (Å²) in [6, 6.07) is 6.70. The van der Waals surface area contributed by atoms with Crippen molar-refractivity contribution in [2.75, 3.05) is 11.1 Å². The highest BCUT2D eigenvalue weighted by atomic mass is 16.1. The Morgan fingerprint density at radius 2 is 2.14 bits per heavy atom. The molecule has 0 saturated carbocycles. The van der Waals surface area contributed by atoms with Gasteiger partial charge in [-0.1, -0.05) is 11.3 Å². The van der Waals surface area contributed by atoms with Crippen LogP contribution in [0.2, 0.25) is 0 Å². The second-order valence-corrected chi connectivity index (χ2v) is 4.25. The number of nitrogens with one attached hydrogen (secondary N) is 1. The molecule has 0 radical (unpaired) electrons. The minimum absolute atomic E-state index is 0.0258. The first kappa shape index (κ1) is 13.4. The predicted octanol–water partition coefficient (Wildman–Crippen LogP) is -0.123. The van der Waals surface area contributed by atoms with Gasteiger partial charge in [-0.3, -0.25) is 4.79 Å². The van der Waals surface area contributed by atoms with Crippen LogP contribution in [0.25, 0.3) is 5.82 Å². The van der Waals surface area contributed by atoms with Crippen molar-refractivity contribution in [1.82, 2.24) is 30.2 Å². The molecule has 22 heavy (non-hydrogen) atoms. The van der Waals surface area contributed by atoms with E-state index in [0.717, 1.165) is 0 Å². The Morgan fingerprint density at radius 3 is 2.86 bits per heavy atom. The van der Waals surface area contributed by atoms with E-state index in [2.05, 4.69) is 30.8 Å². The van der Waals surface area contributed by atoms with Gasteiger partial charge in [0.25, 0.3) is 5.91 Å². The Morgan fingerprint density at radius 1 is 1.27 bits per heavy atom. The smallest absolute Gasteiger partial charge is 0.271 e. The molecule has 0 aliphatic rings. The average molecular weight is 297 g/mol. The van der Waals surface area contributed by atoms with E-state index in [0.29, 0.717) is 17.3 Å². The predicted molar refractivity (Wildman–Crippen MR) is 77.4 cm³/mol. The molecule has 3 rings (SSSR count). The molecule has 10 heteroatoms. The van der Waals surface area contributed by atoms with Crippen molar-refractivity contribution >= 4 is 23.2 Å². The number of rotatable bonds is 4. The third-order valence-electron chi connectivity index (χ3n) is 2.70. The molecule has 110 valence electrons.